The molecule has 2 aliphatic heterocycles. The van der Waals surface area contributed by atoms with E-state index in [2.05, 4.69) is 53.3 Å². The van der Waals surface area contributed by atoms with E-state index < -0.39 is 17.7 Å². The van der Waals surface area contributed by atoms with Gasteiger partial charge in [-0.05, 0) is 50.5 Å². The van der Waals surface area contributed by atoms with Crippen LogP contribution in [0.1, 0.15) is 51.0 Å². The zero-order valence-electron chi connectivity index (χ0n) is 21.0. The molecule has 2 saturated heterocycles. The number of piperazine rings is 1. The Hall–Kier alpha value is -2.87. The van der Waals surface area contributed by atoms with Crippen molar-refractivity contribution in [2.24, 2.45) is 0 Å². The SMILES string of the molecule is C=CCOC(=O)NCCCC[C@@H]1NC(=O)C2(CCN(CCc3ccccc3)CC2)N(CCC)C1=O. The van der Waals surface area contributed by atoms with Crippen molar-refractivity contribution in [3.8, 4) is 0 Å². The van der Waals surface area contributed by atoms with Crippen LogP contribution in [0.4, 0.5) is 4.79 Å². The van der Waals surface area contributed by atoms with Gasteiger partial charge in [0, 0.05) is 32.7 Å². The lowest BCUT2D eigenvalue weighted by molar-refractivity contribution is -0.161. The molecular weight excluding hydrogens is 444 g/mol. The number of nitrogens with one attached hydrogen (secondary N) is 2. The van der Waals surface area contributed by atoms with E-state index in [4.69, 9.17) is 4.74 Å². The zero-order chi connectivity index (χ0) is 25.1. The molecule has 8 nitrogen and oxygen atoms in total. The standard InChI is InChI=1S/C27H40N4O4/c1-3-17-31-24(32)23(12-8-9-16-28-26(34)35-21-4-2)29-25(33)27(31)14-19-30(20-15-27)18-13-22-10-6-5-7-11-22/h4-7,10-11,23H,2-3,8-9,12-21H2,1H3,(H,28,34)(H,29,33)/t23-/m0/s1. The van der Waals surface area contributed by atoms with Crippen LogP contribution in [0.5, 0.6) is 0 Å². The van der Waals surface area contributed by atoms with Crippen LogP contribution in [-0.4, -0.2) is 78.6 Å². The Morgan fingerprint density at radius 1 is 1.20 bits per heavy atom. The van der Waals surface area contributed by atoms with Gasteiger partial charge < -0.3 is 25.2 Å². The lowest BCUT2D eigenvalue weighted by Gasteiger charge is -2.51. The van der Waals surface area contributed by atoms with Gasteiger partial charge in [-0.1, -0.05) is 49.9 Å². The predicted molar refractivity (Wildman–Crippen MR) is 136 cm³/mol. The average Bonchev–Trinajstić information content (AvgIpc) is 2.88. The molecule has 2 fully saturated rings. The molecule has 192 valence electrons. The summed E-state index contributed by atoms with van der Waals surface area (Å²) in [7, 11) is 0. The molecule has 8 heteroatoms. The first kappa shape index (κ1) is 26.7. The molecule has 2 N–H and O–H groups in total. The molecule has 0 bridgehead atoms. The topological polar surface area (TPSA) is 91.0 Å². The zero-order valence-corrected chi connectivity index (χ0v) is 21.0. The van der Waals surface area contributed by atoms with E-state index in [9.17, 15) is 14.4 Å². The summed E-state index contributed by atoms with van der Waals surface area (Å²) in [6.07, 6.45) is 6.18. The fraction of sp³-hybridized carbons (Fsp3) is 0.593. The van der Waals surface area contributed by atoms with Gasteiger partial charge in [-0.25, -0.2) is 4.79 Å². The van der Waals surface area contributed by atoms with E-state index in [-0.39, 0.29) is 18.4 Å². The Morgan fingerprint density at radius 3 is 2.63 bits per heavy atom. The third-order valence-electron chi connectivity index (χ3n) is 7.02. The maximum absolute atomic E-state index is 13.4. The molecule has 0 saturated carbocycles. The molecule has 2 heterocycles. The molecule has 2 aliphatic rings. The minimum atomic E-state index is -0.733. The van der Waals surface area contributed by atoms with Crippen molar-refractivity contribution in [2.45, 2.75) is 63.5 Å². The summed E-state index contributed by atoms with van der Waals surface area (Å²) in [4.78, 5) is 42.5. The number of nitrogens with zero attached hydrogens (tertiary/aromatic N) is 2. The van der Waals surface area contributed by atoms with Crippen LogP contribution in [0.2, 0.25) is 0 Å². The second kappa shape index (κ2) is 13.3. The minimum Gasteiger partial charge on any atom is -0.445 e. The molecule has 1 aromatic rings. The van der Waals surface area contributed by atoms with E-state index >= 15 is 0 Å². The predicted octanol–water partition coefficient (Wildman–Crippen LogP) is 2.88. The smallest absolute Gasteiger partial charge is 0.407 e. The van der Waals surface area contributed by atoms with Gasteiger partial charge in [-0.15, -0.1) is 0 Å². The lowest BCUT2D eigenvalue weighted by Crippen LogP contribution is -2.72. The van der Waals surface area contributed by atoms with Gasteiger partial charge in [-0.2, -0.15) is 0 Å². The first-order chi connectivity index (χ1) is 17.0. The Bertz CT molecular complexity index is 852. The summed E-state index contributed by atoms with van der Waals surface area (Å²) in [6, 6.07) is 9.95. The highest BCUT2D eigenvalue weighted by atomic mass is 16.5. The Balaban J connectivity index is 1.49. The summed E-state index contributed by atoms with van der Waals surface area (Å²) in [5, 5.41) is 5.72. The minimum absolute atomic E-state index is 0.00983. The molecule has 1 spiro atoms. The number of hydrogen-bond acceptors (Lipinski definition) is 5. The van der Waals surface area contributed by atoms with Crippen molar-refractivity contribution in [3.63, 3.8) is 0 Å². The molecule has 3 amide bonds. The second-order valence-electron chi connectivity index (χ2n) is 9.43. The largest absolute Gasteiger partial charge is 0.445 e. The van der Waals surface area contributed by atoms with Crippen molar-refractivity contribution < 1.29 is 19.1 Å². The second-order valence-corrected chi connectivity index (χ2v) is 9.43. The quantitative estimate of drug-likeness (QED) is 0.352. The molecule has 0 aromatic heterocycles. The van der Waals surface area contributed by atoms with Crippen molar-refractivity contribution in [2.75, 3.05) is 39.3 Å². The van der Waals surface area contributed by atoms with E-state index in [1.54, 1.807) is 0 Å². The van der Waals surface area contributed by atoms with Crippen LogP contribution in [0.3, 0.4) is 0 Å². The molecule has 1 aromatic carbocycles. The van der Waals surface area contributed by atoms with Gasteiger partial charge in [0.2, 0.25) is 11.8 Å². The first-order valence-corrected chi connectivity index (χ1v) is 12.9. The average molecular weight is 485 g/mol. The number of alkyl carbamates (subject to hydrolysis) is 1. The number of likely N-dealkylation sites (tertiary alicyclic amines) is 1. The van der Waals surface area contributed by atoms with Gasteiger partial charge in [-0.3, -0.25) is 9.59 Å². The number of ether oxygens (including phenoxy) is 1. The highest BCUT2D eigenvalue weighted by molar-refractivity contribution is 6.00. The third-order valence-corrected chi connectivity index (χ3v) is 7.02. The fourth-order valence-corrected chi connectivity index (χ4v) is 5.04. The van der Waals surface area contributed by atoms with Gasteiger partial charge in [0.1, 0.15) is 18.2 Å². The van der Waals surface area contributed by atoms with Gasteiger partial charge in [0.25, 0.3) is 0 Å². The number of amides is 3. The van der Waals surface area contributed by atoms with E-state index in [1.165, 1.54) is 11.6 Å². The van der Waals surface area contributed by atoms with E-state index in [1.807, 2.05) is 11.0 Å². The fourth-order valence-electron chi connectivity index (χ4n) is 5.04. The third kappa shape index (κ3) is 7.07. The van der Waals surface area contributed by atoms with E-state index in [0.717, 1.165) is 38.9 Å². The molecular formula is C27H40N4O4. The van der Waals surface area contributed by atoms with Crippen LogP contribution in [0, 0.1) is 0 Å². The summed E-state index contributed by atoms with van der Waals surface area (Å²) in [5.41, 5.74) is 0.584. The first-order valence-electron chi connectivity index (χ1n) is 12.9. The molecule has 1 atom stereocenters. The van der Waals surface area contributed by atoms with Gasteiger partial charge in [0.15, 0.2) is 0 Å². The number of hydrogen-bond donors (Lipinski definition) is 2. The number of piperidine rings is 1. The summed E-state index contributed by atoms with van der Waals surface area (Å²) in [5.74, 6) is 0.0203. The number of carbonyl (C=O) groups is 3. The summed E-state index contributed by atoms with van der Waals surface area (Å²) >= 11 is 0. The molecule has 0 unspecified atom stereocenters. The number of benzene rings is 1. The molecule has 3 rings (SSSR count). The van der Waals surface area contributed by atoms with Gasteiger partial charge >= 0.3 is 6.09 Å². The van der Waals surface area contributed by atoms with Crippen molar-refractivity contribution in [1.82, 2.24) is 20.4 Å². The normalized spacial score (nSPS) is 19.9. The maximum atomic E-state index is 13.4. The Kier molecular flexibility index (Phi) is 10.1. The van der Waals surface area contributed by atoms with Crippen LogP contribution in [-0.2, 0) is 20.7 Å². The lowest BCUT2D eigenvalue weighted by atomic mass is 9.81. The molecule has 0 aliphatic carbocycles. The van der Waals surface area contributed by atoms with Crippen molar-refractivity contribution in [1.29, 1.82) is 0 Å². The number of carbonyl (C=O) groups excluding carboxylic acids is 3. The Morgan fingerprint density at radius 2 is 1.94 bits per heavy atom. The number of unbranched alkanes of at least 4 members (excludes halogenated alkanes) is 1. The van der Waals surface area contributed by atoms with Crippen molar-refractivity contribution in [3.05, 3.63) is 48.6 Å². The highest BCUT2D eigenvalue weighted by Crippen LogP contribution is 2.34. The maximum Gasteiger partial charge on any atom is 0.407 e. The monoisotopic (exact) mass is 484 g/mol. The summed E-state index contributed by atoms with van der Waals surface area (Å²) in [6.45, 7) is 9.38. The van der Waals surface area contributed by atoms with Crippen LogP contribution in [0.15, 0.2) is 43.0 Å². The van der Waals surface area contributed by atoms with Crippen LogP contribution in [0.25, 0.3) is 0 Å². The van der Waals surface area contributed by atoms with Crippen molar-refractivity contribution >= 4 is 17.9 Å². The molecule has 35 heavy (non-hydrogen) atoms. The van der Waals surface area contributed by atoms with Crippen LogP contribution < -0.4 is 10.6 Å². The van der Waals surface area contributed by atoms with E-state index in [0.29, 0.717) is 38.8 Å². The highest BCUT2D eigenvalue weighted by Gasteiger charge is 2.52. The Labute approximate surface area is 209 Å². The molecule has 0 radical (unpaired) electrons. The summed E-state index contributed by atoms with van der Waals surface area (Å²) < 4.78 is 4.88. The number of rotatable bonds is 12. The van der Waals surface area contributed by atoms with Crippen LogP contribution >= 0.6 is 0 Å². The van der Waals surface area contributed by atoms with Gasteiger partial charge in [0.05, 0.1) is 0 Å².